The molecule has 0 radical (unpaired) electrons. The minimum Gasteiger partial charge on any atom is -0.324 e. The van der Waals surface area contributed by atoms with Crippen molar-refractivity contribution in [3.8, 4) is 0 Å². The number of alkyl halides is 1. The first-order valence-electron chi connectivity index (χ1n) is 6.59. The average molecular weight is 318 g/mol. The lowest BCUT2D eigenvalue weighted by Gasteiger charge is -2.17. The van der Waals surface area contributed by atoms with Crippen LogP contribution in [0.5, 0.6) is 0 Å². The van der Waals surface area contributed by atoms with Crippen molar-refractivity contribution in [1.82, 2.24) is 9.55 Å². The number of hydrogen-bond donors (Lipinski definition) is 0. The molecule has 0 spiro atoms. The zero-order valence-electron chi connectivity index (χ0n) is 10.7. The second-order valence-electron chi connectivity index (χ2n) is 5.15. The van der Waals surface area contributed by atoms with Gasteiger partial charge < -0.3 is 4.57 Å². The van der Waals surface area contributed by atoms with Crippen LogP contribution in [0.4, 0.5) is 0 Å². The van der Waals surface area contributed by atoms with Crippen LogP contribution in [0.1, 0.15) is 49.9 Å². The summed E-state index contributed by atoms with van der Waals surface area (Å²) in [6.45, 7) is 1.96. The van der Waals surface area contributed by atoms with E-state index in [4.69, 9.17) is 34.8 Å². The zero-order chi connectivity index (χ0) is 13.6. The third kappa shape index (κ3) is 2.35. The van der Waals surface area contributed by atoms with Gasteiger partial charge in [-0.05, 0) is 31.9 Å². The Balaban J connectivity index is 2.25. The third-order valence-electron chi connectivity index (χ3n) is 3.80. The van der Waals surface area contributed by atoms with Crippen LogP contribution in [0.15, 0.2) is 12.1 Å². The maximum Gasteiger partial charge on any atom is 0.127 e. The van der Waals surface area contributed by atoms with E-state index in [0.29, 0.717) is 16.1 Å². The first-order valence-corrected chi connectivity index (χ1v) is 7.78. The lowest BCUT2D eigenvalue weighted by molar-refractivity contribution is 0.510. The second kappa shape index (κ2) is 5.16. The quantitative estimate of drug-likeness (QED) is 0.644. The van der Waals surface area contributed by atoms with Crippen molar-refractivity contribution >= 4 is 45.8 Å². The Morgan fingerprint density at radius 2 is 1.84 bits per heavy atom. The van der Waals surface area contributed by atoms with Crippen molar-refractivity contribution < 1.29 is 0 Å². The molecule has 0 bridgehead atoms. The molecule has 102 valence electrons. The fourth-order valence-electron chi connectivity index (χ4n) is 2.94. The van der Waals surface area contributed by atoms with Crippen molar-refractivity contribution in [2.45, 2.75) is 44.0 Å². The summed E-state index contributed by atoms with van der Waals surface area (Å²) in [5, 5.41) is 0.992. The molecule has 2 nitrogen and oxygen atoms in total. The molecule has 0 saturated heterocycles. The highest BCUT2D eigenvalue weighted by Crippen LogP contribution is 2.38. The minimum absolute atomic E-state index is 0.120. The molecule has 0 amide bonds. The molecule has 0 aliphatic heterocycles. The van der Waals surface area contributed by atoms with Crippen LogP contribution >= 0.6 is 34.8 Å². The SMILES string of the molecule is CC(Cl)c1nc2cc(Cl)c(Cl)cc2n1C1CCCC1. The van der Waals surface area contributed by atoms with E-state index in [1.165, 1.54) is 25.7 Å². The van der Waals surface area contributed by atoms with Gasteiger partial charge in [0, 0.05) is 6.04 Å². The standard InChI is InChI=1S/C14H15Cl3N2/c1-8(15)14-18-12-6-10(16)11(17)7-13(12)19(14)9-4-2-3-5-9/h6-9H,2-5H2,1H3. The number of aromatic nitrogens is 2. The van der Waals surface area contributed by atoms with E-state index in [1.54, 1.807) is 0 Å². The summed E-state index contributed by atoms with van der Waals surface area (Å²) >= 11 is 18.5. The van der Waals surface area contributed by atoms with E-state index in [2.05, 4.69) is 9.55 Å². The topological polar surface area (TPSA) is 17.8 Å². The number of fused-ring (bicyclic) bond motifs is 1. The predicted molar refractivity (Wildman–Crippen MR) is 81.5 cm³/mol. The maximum atomic E-state index is 6.29. The number of hydrogen-bond acceptors (Lipinski definition) is 1. The van der Waals surface area contributed by atoms with Gasteiger partial charge in [-0.1, -0.05) is 36.0 Å². The first kappa shape index (κ1) is 13.5. The summed E-state index contributed by atoms with van der Waals surface area (Å²) in [6, 6.07) is 4.22. The van der Waals surface area contributed by atoms with E-state index in [-0.39, 0.29) is 5.38 Å². The van der Waals surface area contributed by atoms with Gasteiger partial charge in [-0.15, -0.1) is 11.6 Å². The molecule has 1 atom stereocenters. The van der Waals surface area contributed by atoms with E-state index >= 15 is 0 Å². The molecule has 1 aromatic heterocycles. The van der Waals surface area contributed by atoms with E-state index < -0.39 is 0 Å². The van der Waals surface area contributed by atoms with Crippen molar-refractivity contribution in [3.63, 3.8) is 0 Å². The Kier molecular flexibility index (Phi) is 3.67. The molecule has 0 N–H and O–H groups in total. The molecule has 1 fully saturated rings. The summed E-state index contributed by atoms with van der Waals surface area (Å²) in [5.74, 6) is 0.918. The molecule has 19 heavy (non-hydrogen) atoms. The molecular weight excluding hydrogens is 303 g/mol. The number of benzene rings is 1. The molecule has 3 rings (SSSR count). The summed E-state index contributed by atoms with van der Waals surface area (Å²) in [6.07, 6.45) is 4.90. The highest BCUT2D eigenvalue weighted by molar-refractivity contribution is 6.42. The van der Waals surface area contributed by atoms with Crippen LogP contribution in [0, 0.1) is 0 Å². The molecule has 1 saturated carbocycles. The number of imidazole rings is 1. The Morgan fingerprint density at radius 3 is 2.47 bits per heavy atom. The smallest absolute Gasteiger partial charge is 0.127 e. The van der Waals surface area contributed by atoms with Gasteiger partial charge in [0.25, 0.3) is 0 Å². The predicted octanol–water partition coefficient (Wildman–Crippen LogP) is 5.76. The van der Waals surface area contributed by atoms with Crippen LogP contribution in [0.25, 0.3) is 11.0 Å². The normalized spacial score (nSPS) is 18.3. The molecule has 1 unspecified atom stereocenters. The van der Waals surface area contributed by atoms with Gasteiger partial charge in [-0.3, -0.25) is 0 Å². The van der Waals surface area contributed by atoms with Crippen LogP contribution in [0.2, 0.25) is 10.0 Å². The number of halogens is 3. The number of rotatable bonds is 2. The zero-order valence-corrected chi connectivity index (χ0v) is 12.9. The average Bonchev–Trinajstić information content (AvgIpc) is 2.96. The Bertz CT molecular complexity index is 613. The Morgan fingerprint density at radius 1 is 1.21 bits per heavy atom. The van der Waals surface area contributed by atoms with Crippen molar-refractivity contribution in [3.05, 3.63) is 28.0 Å². The molecule has 2 aromatic rings. The van der Waals surface area contributed by atoms with E-state index in [1.807, 2.05) is 19.1 Å². The monoisotopic (exact) mass is 316 g/mol. The highest BCUT2D eigenvalue weighted by Gasteiger charge is 2.24. The minimum atomic E-state index is -0.120. The summed E-state index contributed by atoms with van der Waals surface area (Å²) in [4.78, 5) is 4.65. The maximum absolute atomic E-state index is 6.29. The van der Waals surface area contributed by atoms with E-state index in [0.717, 1.165) is 16.9 Å². The Labute approximate surface area is 127 Å². The second-order valence-corrected chi connectivity index (χ2v) is 6.62. The number of nitrogens with zero attached hydrogens (tertiary/aromatic N) is 2. The van der Waals surface area contributed by atoms with Gasteiger partial charge in [0.15, 0.2) is 0 Å². The van der Waals surface area contributed by atoms with Crippen LogP contribution < -0.4 is 0 Å². The lowest BCUT2D eigenvalue weighted by Crippen LogP contribution is -2.09. The fourth-order valence-corrected chi connectivity index (χ4v) is 3.41. The fraction of sp³-hybridized carbons (Fsp3) is 0.500. The summed E-state index contributed by atoms with van der Waals surface area (Å²) in [5.41, 5.74) is 1.92. The van der Waals surface area contributed by atoms with Gasteiger partial charge in [0.2, 0.25) is 0 Å². The van der Waals surface area contributed by atoms with Gasteiger partial charge in [0.1, 0.15) is 5.82 Å². The van der Waals surface area contributed by atoms with Crippen LogP contribution in [0.3, 0.4) is 0 Å². The lowest BCUT2D eigenvalue weighted by atomic mass is 10.2. The van der Waals surface area contributed by atoms with Gasteiger partial charge >= 0.3 is 0 Å². The highest BCUT2D eigenvalue weighted by atomic mass is 35.5. The Hall–Kier alpha value is -0.440. The van der Waals surface area contributed by atoms with Crippen LogP contribution in [-0.4, -0.2) is 9.55 Å². The largest absolute Gasteiger partial charge is 0.324 e. The third-order valence-corrected chi connectivity index (χ3v) is 4.72. The van der Waals surface area contributed by atoms with Crippen molar-refractivity contribution in [2.24, 2.45) is 0 Å². The summed E-state index contributed by atoms with van der Waals surface area (Å²) in [7, 11) is 0. The molecule has 1 aliphatic carbocycles. The van der Waals surface area contributed by atoms with Gasteiger partial charge in [0.05, 0.1) is 26.5 Å². The summed E-state index contributed by atoms with van der Waals surface area (Å²) < 4.78 is 2.27. The van der Waals surface area contributed by atoms with E-state index in [9.17, 15) is 0 Å². The molecule has 1 aromatic carbocycles. The van der Waals surface area contributed by atoms with Gasteiger partial charge in [-0.2, -0.15) is 0 Å². The molecule has 1 aliphatic rings. The first-order chi connectivity index (χ1) is 9.08. The molecule has 1 heterocycles. The molecule has 5 heteroatoms. The van der Waals surface area contributed by atoms with Crippen molar-refractivity contribution in [2.75, 3.05) is 0 Å². The van der Waals surface area contributed by atoms with Crippen molar-refractivity contribution in [1.29, 1.82) is 0 Å². The molecular formula is C14H15Cl3N2. The van der Waals surface area contributed by atoms with Gasteiger partial charge in [-0.25, -0.2) is 4.98 Å². The van der Waals surface area contributed by atoms with Crippen LogP contribution in [-0.2, 0) is 0 Å².